The SMILES string of the molecule is CCCOc1cccc(C2CCNCC2CC(C)C)c1. The fraction of sp³-hybridized carbons (Fsp3) is 0.667. The van der Waals surface area contributed by atoms with Crippen LogP contribution in [0.4, 0.5) is 0 Å². The van der Waals surface area contributed by atoms with Crippen molar-refractivity contribution in [1.82, 2.24) is 5.32 Å². The van der Waals surface area contributed by atoms with Gasteiger partial charge in [-0.3, -0.25) is 0 Å². The van der Waals surface area contributed by atoms with E-state index in [2.05, 4.69) is 50.4 Å². The van der Waals surface area contributed by atoms with E-state index in [1.54, 1.807) is 0 Å². The van der Waals surface area contributed by atoms with Crippen LogP contribution in [0.2, 0.25) is 0 Å². The maximum Gasteiger partial charge on any atom is 0.119 e. The van der Waals surface area contributed by atoms with Crippen molar-refractivity contribution in [2.45, 2.75) is 46.0 Å². The van der Waals surface area contributed by atoms with Gasteiger partial charge < -0.3 is 10.1 Å². The molecule has 1 aliphatic rings. The molecule has 1 aromatic carbocycles. The van der Waals surface area contributed by atoms with Gasteiger partial charge in [0.05, 0.1) is 6.61 Å². The van der Waals surface area contributed by atoms with Crippen LogP contribution >= 0.6 is 0 Å². The Hall–Kier alpha value is -1.02. The number of piperidine rings is 1. The molecule has 112 valence electrons. The van der Waals surface area contributed by atoms with Crippen LogP contribution in [0.3, 0.4) is 0 Å². The van der Waals surface area contributed by atoms with E-state index in [-0.39, 0.29) is 0 Å². The maximum atomic E-state index is 5.79. The molecule has 0 radical (unpaired) electrons. The van der Waals surface area contributed by atoms with Crippen LogP contribution in [-0.2, 0) is 0 Å². The van der Waals surface area contributed by atoms with E-state index >= 15 is 0 Å². The second-order valence-electron chi connectivity index (χ2n) is 6.41. The Kier molecular flexibility index (Phi) is 5.90. The predicted molar refractivity (Wildman–Crippen MR) is 85.4 cm³/mol. The van der Waals surface area contributed by atoms with E-state index in [4.69, 9.17) is 4.74 Å². The quantitative estimate of drug-likeness (QED) is 0.839. The number of ether oxygens (including phenoxy) is 1. The molecule has 2 rings (SSSR count). The van der Waals surface area contributed by atoms with Crippen molar-refractivity contribution in [2.24, 2.45) is 11.8 Å². The highest BCUT2D eigenvalue weighted by Gasteiger charge is 2.27. The smallest absolute Gasteiger partial charge is 0.119 e. The number of benzene rings is 1. The second kappa shape index (κ2) is 7.68. The van der Waals surface area contributed by atoms with Crippen LogP contribution in [0.1, 0.15) is 51.5 Å². The molecule has 0 bridgehead atoms. The van der Waals surface area contributed by atoms with Crippen LogP contribution in [0, 0.1) is 11.8 Å². The molecule has 0 aliphatic carbocycles. The average Bonchev–Trinajstić information content (AvgIpc) is 2.45. The summed E-state index contributed by atoms with van der Waals surface area (Å²) in [7, 11) is 0. The molecule has 0 amide bonds. The number of rotatable bonds is 6. The maximum absolute atomic E-state index is 5.79. The van der Waals surface area contributed by atoms with Crippen LogP contribution in [0.15, 0.2) is 24.3 Å². The summed E-state index contributed by atoms with van der Waals surface area (Å²) in [5.41, 5.74) is 1.46. The zero-order valence-corrected chi connectivity index (χ0v) is 13.2. The molecule has 0 saturated carbocycles. The van der Waals surface area contributed by atoms with Crippen LogP contribution in [0.25, 0.3) is 0 Å². The second-order valence-corrected chi connectivity index (χ2v) is 6.41. The van der Waals surface area contributed by atoms with Crippen molar-refractivity contribution in [3.63, 3.8) is 0 Å². The summed E-state index contributed by atoms with van der Waals surface area (Å²) in [5, 5.41) is 3.56. The van der Waals surface area contributed by atoms with Gasteiger partial charge in [0.15, 0.2) is 0 Å². The minimum absolute atomic E-state index is 0.684. The standard InChI is InChI=1S/C18H29NO/c1-4-10-20-17-7-5-6-15(12-17)18-8-9-19-13-16(18)11-14(2)3/h5-7,12,14,16,18-19H,4,8-11,13H2,1-3H3. The summed E-state index contributed by atoms with van der Waals surface area (Å²) in [6.07, 6.45) is 3.61. The largest absolute Gasteiger partial charge is 0.494 e. The zero-order valence-electron chi connectivity index (χ0n) is 13.2. The summed E-state index contributed by atoms with van der Waals surface area (Å²) >= 11 is 0. The van der Waals surface area contributed by atoms with Gasteiger partial charge in [0.1, 0.15) is 5.75 Å². The molecule has 1 aromatic rings. The van der Waals surface area contributed by atoms with E-state index in [9.17, 15) is 0 Å². The van der Waals surface area contributed by atoms with Crippen molar-refractivity contribution in [2.75, 3.05) is 19.7 Å². The predicted octanol–water partition coefficient (Wildman–Crippen LogP) is 4.21. The van der Waals surface area contributed by atoms with Gasteiger partial charge in [-0.1, -0.05) is 32.9 Å². The fourth-order valence-corrected chi connectivity index (χ4v) is 3.27. The van der Waals surface area contributed by atoms with Gasteiger partial charge >= 0.3 is 0 Å². The third-order valence-electron chi connectivity index (χ3n) is 4.14. The molecular weight excluding hydrogens is 246 g/mol. The Labute approximate surface area is 123 Å². The zero-order chi connectivity index (χ0) is 14.4. The highest BCUT2D eigenvalue weighted by Crippen LogP contribution is 2.35. The highest BCUT2D eigenvalue weighted by atomic mass is 16.5. The Morgan fingerprint density at radius 2 is 2.20 bits per heavy atom. The number of nitrogens with one attached hydrogen (secondary N) is 1. The Balaban J connectivity index is 2.10. The van der Waals surface area contributed by atoms with E-state index in [1.165, 1.54) is 18.4 Å². The number of hydrogen-bond donors (Lipinski definition) is 1. The molecule has 0 aromatic heterocycles. The van der Waals surface area contributed by atoms with E-state index < -0.39 is 0 Å². The average molecular weight is 275 g/mol. The Morgan fingerprint density at radius 1 is 1.35 bits per heavy atom. The topological polar surface area (TPSA) is 21.3 Å². The molecule has 2 nitrogen and oxygen atoms in total. The third kappa shape index (κ3) is 4.24. The minimum Gasteiger partial charge on any atom is -0.494 e. The molecule has 0 spiro atoms. The van der Waals surface area contributed by atoms with Crippen LogP contribution in [-0.4, -0.2) is 19.7 Å². The first-order chi connectivity index (χ1) is 9.70. The van der Waals surface area contributed by atoms with E-state index in [0.717, 1.165) is 43.7 Å². The molecule has 1 aliphatic heterocycles. The van der Waals surface area contributed by atoms with Crippen LogP contribution < -0.4 is 10.1 Å². The first kappa shape index (κ1) is 15.4. The first-order valence-electron chi connectivity index (χ1n) is 8.14. The molecule has 1 fully saturated rings. The normalized spacial score (nSPS) is 23.0. The number of hydrogen-bond acceptors (Lipinski definition) is 2. The van der Waals surface area contributed by atoms with Gasteiger partial charge in [0, 0.05) is 0 Å². The molecule has 2 heteroatoms. The summed E-state index contributed by atoms with van der Waals surface area (Å²) in [5.74, 6) is 3.24. The summed E-state index contributed by atoms with van der Waals surface area (Å²) < 4.78 is 5.79. The lowest BCUT2D eigenvalue weighted by molar-refractivity contribution is 0.278. The molecule has 1 heterocycles. The van der Waals surface area contributed by atoms with Crippen molar-refractivity contribution in [3.05, 3.63) is 29.8 Å². The molecule has 1 N–H and O–H groups in total. The van der Waals surface area contributed by atoms with Gasteiger partial charge in [-0.15, -0.1) is 0 Å². The van der Waals surface area contributed by atoms with E-state index in [0.29, 0.717) is 5.92 Å². The van der Waals surface area contributed by atoms with Gasteiger partial charge in [-0.05, 0) is 67.8 Å². The van der Waals surface area contributed by atoms with Crippen molar-refractivity contribution >= 4 is 0 Å². The van der Waals surface area contributed by atoms with Crippen molar-refractivity contribution in [3.8, 4) is 5.75 Å². The summed E-state index contributed by atoms with van der Waals surface area (Å²) in [6, 6.07) is 8.77. The third-order valence-corrected chi connectivity index (χ3v) is 4.14. The lowest BCUT2D eigenvalue weighted by Crippen LogP contribution is -2.36. The molecule has 2 unspecified atom stereocenters. The Bertz CT molecular complexity index is 402. The lowest BCUT2D eigenvalue weighted by atomic mass is 9.77. The minimum atomic E-state index is 0.684. The van der Waals surface area contributed by atoms with Crippen molar-refractivity contribution in [1.29, 1.82) is 0 Å². The van der Waals surface area contributed by atoms with Gasteiger partial charge in [-0.2, -0.15) is 0 Å². The lowest BCUT2D eigenvalue weighted by Gasteiger charge is -2.34. The van der Waals surface area contributed by atoms with Gasteiger partial charge in [0.2, 0.25) is 0 Å². The Morgan fingerprint density at radius 3 is 2.95 bits per heavy atom. The molecule has 2 atom stereocenters. The van der Waals surface area contributed by atoms with Gasteiger partial charge in [0.25, 0.3) is 0 Å². The molecule has 1 saturated heterocycles. The summed E-state index contributed by atoms with van der Waals surface area (Å²) in [6.45, 7) is 9.90. The van der Waals surface area contributed by atoms with Crippen LogP contribution in [0.5, 0.6) is 5.75 Å². The van der Waals surface area contributed by atoms with Gasteiger partial charge in [-0.25, -0.2) is 0 Å². The fourth-order valence-electron chi connectivity index (χ4n) is 3.27. The summed E-state index contributed by atoms with van der Waals surface area (Å²) in [4.78, 5) is 0. The van der Waals surface area contributed by atoms with Crippen molar-refractivity contribution < 1.29 is 4.74 Å². The monoisotopic (exact) mass is 275 g/mol. The van der Waals surface area contributed by atoms with E-state index in [1.807, 2.05) is 0 Å². The highest BCUT2D eigenvalue weighted by molar-refractivity contribution is 5.31. The first-order valence-corrected chi connectivity index (χ1v) is 8.14. The molecular formula is C18H29NO. The molecule has 20 heavy (non-hydrogen) atoms.